The minimum Gasteiger partial charge on any atom is -0.396 e. The molecule has 3 aliphatic rings. The number of nitrogen functional groups attached to an aromatic ring is 1. The summed E-state index contributed by atoms with van der Waals surface area (Å²) in [4.78, 5) is 35.6. The number of phosphoric acid groups is 1. The number of imidazole rings is 1. The third kappa shape index (κ3) is 7.45. The molecule has 0 aliphatic carbocycles. The predicted octanol–water partition coefficient (Wildman–Crippen LogP) is 4.57. The first kappa shape index (κ1) is 38.8. The first-order chi connectivity index (χ1) is 26.2. The van der Waals surface area contributed by atoms with Crippen molar-refractivity contribution in [3.63, 3.8) is 0 Å². The lowest BCUT2D eigenvalue weighted by Crippen LogP contribution is -2.28. The molecule has 4 unspecified atom stereocenters. The number of benzene rings is 2. The van der Waals surface area contributed by atoms with Crippen LogP contribution in [0.25, 0.3) is 11.2 Å². The molecule has 0 radical (unpaired) electrons. The number of anilines is 2. The van der Waals surface area contributed by atoms with Gasteiger partial charge in [-0.1, -0.05) is 56.3 Å². The smallest absolute Gasteiger partial charge is 0.396 e. The monoisotopic (exact) mass is 774 g/mol. The maximum absolute atomic E-state index is 12.9. The van der Waals surface area contributed by atoms with Crippen LogP contribution in [0.1, 0.15) is 64.3 Å². The lowest BCUT2D eigenvalue weighted by molar-refractivity contribution is -0.438. The third-order valence-electron chi connectivity index (χ3n) is 10.8. The molecule has 2 aromatic heterocycles. The second-order valence-electron chi connectivity index (χ2n) is 15.1. The number of allylic oxidation sites excluding steroid dienone is 4. The van der Waals surface area contributed by atoms with Crippen LogP contribution < -0.4 is 16.2 Å². The summed E-state index contributed by atoms with van der Waals surface area (Å²) >= 11 is 0. The first-order valence-corrected chi connectivity index (χ1v) is 20.0. The summed E-state index contributed by atoms with van der Waals surface area (Å²) in [7, 11) is -4.50. The molecule has 292 valence electrons. The van der Waals surface area contributed by atoms with Crippen LogP contribution in [0, 0.1) is 0 Å². The van der Waals surface area contributed by atoms with E-state index in [0.29, 0.717) is 25.9 Å². The minimum absolute atomic E-state index is 0.0560. The third-order valence-corrected chi connectivity index (χ3v) is 11.8. The summed E-state index contributed by atoms with van der Waals surface area (Å²) in [5.74, 6) is -0.0886. The Labute approximate surface area is 319 Å². The second-order valence-corrected chi connectivity index (χ2v) is 16.6. The molecule has 4 atom stereocenters. The van der Waals surface area contributed by atoms with Crippen LogP contribution in [0.3, 0.4) is 0 Å². The van der Waals surface area contributed by atoms with Gasteiger partial charge < -0.3 is 30.5 Å². The summed E-state index contributed by atoms with van der Waals surface area (Å²) in [5.41, 5.74) is 11.8. The Morgan fingerprint density at radius 3 is 2.62 bits per heavy atom. The number of aliphatic hydroxyl groups excluding tert-OH is 2. The Bertz CT molecular complexity index is 2280. The van der Waals surface area contributed by atoms with E-state index >= 15 is 0 Å². The SMILES string of the molecule is CC1(C)C(=CC=CC2=[N+](CCCOP(=O)(O)OCC3OC(n4cnc5c(=O)[nH]c(N)nc54)CC3O)c3ccccc3C2(C)C)N(CCCO)c2ccccc21. The van der Waals surface area contributed by atoms with Crippen LogP contribution in [0.4, 0.5) is 17.3 Å². The Morgan fingerprint density at radius 2 is 1.84 bits per heavy atom. The topological polar surface area (TPSA) is 201 Å². The number of phosphoric ester groups is 1. The number of aromatic amines is 1. The van der Waals surface area contributed by atoms with Gasteiger partial charge in [-0.15, -0.1) is 0 Å². The quantitative estimate of drug-likeness (QED) is 0.0680. The van der Waals surface area contributed by atoms with Crippen molar-refractivity contribution >= 4 is 42.0 Å². The number of nitrogens with zero attached hydrogens (tertiary/aromatic N) is 5. The Morgan fingerprint density at radius 1 is 1.09 bits per heavy atom. The van der Waals surface area contributed by atoms with E-state index in [1.807, 2.05) is 18.2 Å². The lowest BCUT2D eigenvalue weighted by Gasteiger charge is -2.26. The number of ether oxygens (including phenoxy) is 1. The van der Waals surface area contributed by atoms with Crippen molar-refractivity contribution in [2.24, 2.45) is 0 Å². The highest BCUT2D eigenvalue weighted by molar-refractivity contribution is 7.47. The van der Waals surface area contributed by atoms with Crippen LogP contribution >= 0.6 is 7.82 Å². The van der Waals surface area contributed by atoms with Crippen molar-refractivity contribution in [2.45, 2.75) is 76.2 Å². The van der Waals surface area contributed by atoms with Gasteiger partial charge in [-0.3, -0.25) is 23.4 Å². The molecular weight excluding hydrogens is 725 g/mol. The van der Waals surface area contributed by atoms with Gasteiger partial charge in [0.25, 0.3) is 5.56 Å². The molecule has 15 nitrogen and oxygen atoms in total. The van der Waals surface area contributed by atoms with E-state index in [0.717, 1.165) is 22.8 Å². The van der Waals surface area contributed by atoms with Gasteiger partial charge >= 0.3 is 7.82 Å². The lowest BCUT2D eigenvalue weighted by atomic mass is 9.81. The Hall–Kier alpha value is -4.47. The number of para-hydroxylation sites is 2. The fourth-order valence-corrected chi connectivity index (χ4v) is 8.79. The molecule has 1 fully saturated rings. The number of fused-ring (bicyclic) bond motifs is 3. The molecule has 2 aromatic carbocycles. The highest BCUT2D eigenvalue weighted by Crippen LogP contribution is 2.48. The number of nitrogens with one attached hydrogen (secondary N) is 1. The van der Waals surface area contributed by atoms with Crippen molar-refractivity contribution in [1.29, 1.82) is 0 Å². The minimum atomic E-state index is -4.50. The predicted molar refractivity (Wildman–Crippen MR) is 208 cm³/mol. The van der Waals surface area contributed by atoms with E-state index in [9.17, 15) is 24.5 Å². The van der Waals surface area contributed by atoms with Crippen molar-refractivity contribution in [1.82, 2.24) is 19.5 Å². The molecule has 4 aromatic rings. The number of nitrogens with two attached hydrogens (primary N) is 1. The van der Waals surface area contributed by atoms with Crippen LogP contribution in [-0.4, -0.2) is 90.0 Å². The number of H-pyrrole nitrogens is 1. The van der Waals surface area contributed by atoms with Gasteiger partial charge in [0.15, 0.2) is 23.4 Å². The van der Waals surface area contributed by atoms with E-state index in [2.05, 4.69) is 101 Å². The van der Waals surface area contributed by atoms with Crippen LogP contribution in [-0.2, 0) is 29.2 Å². The molecule has 0 amide bonds. The molecule has 16 heteroatoms. The first-order valence-electron chi connectivity index (χ1n) is 18.5. The molecule has 0 bridgehead atoms. The second kappa shape index (κ2) is 15.2. The molecule has 3 aliphatic heterocycles. The fraction of sp³-hybridized carbons (Fsp3) is 0.436. The zero-order valence-electron chi connectivity index (χ0n) is 31.5. The molecule has 55 heavy (non-hydrogen) atoms. The molecule has 0 spiro atoms. The van der Waals surface area contributed by atoms with E-state index in [1.54, 1.807) is 0 Å². The molecule has 7 rings (SSSR count). The standard InChI is InChI=1S/C39H48N7O8P/c1-38(2)25-12-5-7-14-27(25)44(18-10-20-47)31(38)16-9-17-32-39(3,4)26-13-6-8-15-28(26)45(32)19-11-21-52-55(50,51)53-23-30-29(48)22-33(54-30)46-24-41-34-35(46)42-37(40)43-36(34)49/h5-9,12-17,24,29-30,33,47-48H,10-11,18-23H2,1-4H3,(H3-,40,42,43,49,50,51)/p+1. The van der Waals surface area contributed by atoms with Crippen molar-refractivity contribution < 1.29 is 38.0 Å². The molecule has 1 saturated heterocycles. The van der Waals surface area contributed by atoms with Crippen LogP contribution in [0.15, 0.2) is 83.6 Å². The maximum atomic E-state index is 12.9. The summed E-state index contributed by atoms with van der Waals surface area (Å²) in [5, 5.41) is 20.3. The average Bonchev–Trinajstić information content (AvgIpc) is 3.85. The van der Waals surface area contributed by atoms with E-state index < -0.39 is 38.4 Å². The van der Waals surface area contributed by atoms with Gasteiger partial charge in [0.1, 0.15) is 12.3 Å². The summed E-state index contributed by atoms with van der Waals surface area (Å²) < 4.78 is 33.2. The van der Waals surface area contributed by atoms with E-state index in [4.69, 9.17) is 19.5 Å². The average molecular weight is 775 g/mol. The highest BCUT2D eigenvalue weighted by Gasteiger charge is 2.44. The van der Waals surface area contributed by atoms with Crippen molar-refractivity contribution in [3.8, 4) is 0 Å². The highest BCUT2D eigenvalue weighted by atomic mass is 31.2. The molecule has 6 N–H and O–H groups in total. The molecule has 0 saturated carbocycles. The molecule has 5 heterocycles. The van der Waals surface area contributed by atoms with Crippen LogP contribution in [0.5, 0.6) is 0 Å². The summed E-state index contributed by atoms with van der Waals surface area (Å²) in [6.07, 6.45) is 6.24. The zero-order chi connectivity index (χ0) is 39.1. The number of rotatable bonds is 14. The molecular formula is C39H49N7O8P+. The van der Waals surface area contributed by atoms with Crippen molar-refractivity contribution in [3.05, 3.63) is 100 Å². The number of hydrogen-bond acceptors (Lipinski definition) is 11. The largest absolute Gasteiger partial charge is 0.472 e. The zero-order valence-corrected chi connectivity index (χ0v) is 32.4. The van der Waals surface area contributed by atoms with Gasteiger partial charge in [0.05, 0.1) is 31.1 Å². The number of hydrogen-bond donors (Lipinski definition) is 5. The van der Waals surface area contributed by atoms with Gasteiger partial charge in [-0.05, 0) is 38.0 Å². The van der Waals surface area contributed by atoms with Gasteiger partial charge in [-0.2, -0.15) is 9.56 Å². The van der Waals surface area contributed by atoms with Gasteiger partial charge in [0.2, 0.25) is 11.6 Å². The van der Waals surface area contributed by atoms with Gasteiger partial charge in [-0.25, -0.2) is 9.55 Å². The van der Waals surface area contributed by atoms with Crippen LogP contribution in [0.2, 0.25) is 0 Å². The normalized spacial score (nSPS) is 23.3. The van der Waals surface area contributed by atoms with E-state index in [1.165, 1.54) is 22.0 Å². The van der Waals surface area contributed by atoms with E-state index in [-0.39, 0.29) is 47.6 Å². The maximum Gasteiger partial charge on any atom is 0.472 e. The summed E-state index contributed by atoms with van der Waals surface area (Å²) in [6, 6.07) is 16.7. The fourth-order valence-electron chi connectivity index (χ4n) is 8.02. The van der Waals surface area contributed by atoms with Crippen molar-refractivity contribution in [2.75, 3.05) is 43.5 Å². The number of aliphatic hydroxyl groups is 2. The Kier molecular flexibility index (Phi) is 10.7. The number of aromatic nitrogens is 4. The van der Waals surface area contributed by atoms with Gasteiger partial charge in [0, 0.05) is 60.5 Å². The Balaban J connectivity index is 1.01. The summed E-state index contributed by atoms with van der Waals surface area (Å²) in [6.45, 7) is 9.73.